The normalized spacial score (nSPS) is 18.7. The fourth-order valence-corrected chi connectivity index (χ4v) is 1.93. The molecule has 1 aromatic heterocycles. The summed E-state index contributed by atoms with van der Waals surface area (Å²) in [5.74, 6) is 1.14. The van der Waals surface area contributed by atoms with Crippen LogP contribution in [-0.4, -0.2) is 22.6 Å². The molecule has 5 heteroatoms. The molecule has 0 atom stereocenters. The Kier molecular flexibility index (Phi) is 2.22. The molecule has 2 N–H and O–H groups in total. The Bertz CT molecular complexity index is 458. The third-order valence-electron chi connectivity index (χ3n) is 2.95. The van der Waals surface area contributed by atoms with E-state index >= 15 is 0 Å². The molecular weight excluding hydrogens is 202 g/mol. The van der Waals surface area contributed by atoms with E-state index in [1.54, 1.807) is 0 Å². The molecule has 0 unspecified atom stereocenters. The van der Waals surface area contributed by atoms with E-state index in [1.165, 1.54) is 12.8 Å². The standard InChI is InChI=1S/C11H13N5/c12-5-10-15-9-3-4-13-6-8(9)11(16-10)14-7-1-2-7/h7,13H,1-4,6H2,(H,14,15,16). The fourth-order valence-electron chi connectivity index (χ4n) is 1.93. The molecule has 0 amide bonds. The average Bonchev–Trinajstić information content (AvgIpc) is 3.13. The van der Waals surface area contributed by atoms with Gasteiger partial charge in [0.15, 0.2) is 0 Å². The van der Waals surface area contributed by atoms with Crippen molar-refractivity contribution in [1.29, 1.82) is 5.26 Å². The Labute approximate surface area is 93.9 Å². The van der Waals surface area contributed by atoms with Crippen molar-refractivity contribution in [1.82, 2.24) is 15.3 Å². The second-order valence-corrected chi connectivity index (χ2v) is 4.28. The van der Waals surface area contributed by atoms with Gasteiger partial charge in [0.2, 0.25) is 5.82 Å². The molecule has 82 valence electrons. The molecule has 1 aromatic rings. The van der Waals surface area contributed by atoms with Gasteiger partial charge in [0.25, 0.3) is 0 Å². The number of hydrogen-bond acceptors (Lipinski definition) is 5. The Morgan fingerprint density at radius 3 is 3.00 bits per heavy atom. The molecule has 2 heterocycles. The maximum atomic E-state index is 8.89. The maximum absolute atomic E-state index is 8.89. The first-order chi connectivity index (χ1) is 7.86. The predicted molar refractivity (Wildman–Crippen MR) is 58.8 cm³/mol. The first-order valence-electron chi connectivity index (χ1n) is 5.64. The van der Waals surface area contributed by atoms with E-state index in [-0.39, 0.29) is 5.82 Å². The molecule has 0 spiro atoms. The van der Waals surface area contributed by atoms with Crippen LogP contribution in [0.15, 0.2) is 0 Å². The topological polar surface area (TPSA) is 73.6 Å². The minimum atomic E-state index is 0.281. The fraction of sp³-hybridized carbons (Fsp3) is 0.545. The molecule has 2 aliphatic rings. The van der Waals surface area contributed by atoms with Crippen LogP contribution in [0.25, 0.3) is 0 Å². The smallest absolute Gasteiger partial charge is 0.234 e. The van der Waals surface area contributed by atoms with Crippen LogP contribution in [0.5, 0.6) is 0 Å². The van der Waals surface area contributed by atoms with Crippen LogP contribution >= 0.6 is 0 Å². The minimum Gasteiger partial charge on any atom is -0.367 e. The van der Waals surface area contributed by atoms with Gasteiger partial charge in [0, 0.05) is 31.1 Å². The maximum Gasteiger partial charge on any atom is 0.234 e. The van der Waals surface area contributed by atoms with Crippen molar-refractivity contribution in [3.63, 3.8) is 0 Å². The molecule has 5 nitrogen and oxygen atoms in total. The van der Waals surface area contributed by atoms with Crippen molar-refractivity contribution in [2.24, 2.45) is 0 Å². The lowest BCUT2D eigenvalue weighted by molar-refractivity contribution is 0.625. The summed E-state index contributed by atoms with van der Waals surface area (Å²) in [5, 5.41) is 15.6. The third kappa shape index (κ3) is 1.72. The highest BCUT2D eigenvalue weighted by Crippen LogP contribution is 2.27. The Balaban J connectivity index is 2.01. The molecule has 1 fully saturated rings. The van der Waals surface area contributed by atoms with Gasteiger partial charge in [-0.3, -0.25) is 0 Å². The summed E-state index contributed by atoms with van der Waals surface area (Å²) >= 11 is 0. The number of nitrogens with one attached hydrogen (secondary N) is 2. The van der Waals surface area contributed by atoms with Gasteiger partial charge in [0.1, 0.15) is 11.9 Å². The zero-order valence-corrected chi connectivity index (χ0v) is 8.95. The van der Waals surface area contributed by atoms with E-state index in [0.717, 1.165) is 36.6 Å². The summed E-state index contributed by atoms with van der Waals surface area (Å²) in [6.07, 6.45) is 3.29. The van der Waals surface area contributed by atoms with E-state index < -0.39 is 0 Å². The summed E-state index contributed by atoms with van der Waals surface area (Å²) in [7, 11) is 0. The molecule has 1 saturated carbocycles. The van der Waals surface area contributed by atoms with Gasteiger partial charge >= 0.3 is 0 Å². The van der Waals surface area contributed by atoms with Gasteiger partial charge < -0.3 is 10.6 Å². The highest BCUT2D eigenvalue weighted by Gasteiger charge is 2.25. The molecule has 0 radical (unpaired) electrons. The summed E-state index contributed by atoms with van der Waals surface area (Å²) in [6, 6.07) is 2.58. The third-order valence-corrected chi connectivity index (χ3v) is 2.95. The van der Waals surface area contributed by atoms with Gasteiger partial charge in [-0.25, -0.2) is 9.97 Å². The summed E-state index contributed by atoms with van der Waals surface area (Å²) in [5.41, 5.74) is 2.16. The zero-order chi connectivity index (χ0) is 11.0. The lowest BCUT2D eigenvalue weighted by Crippen LogP contribution is -2.27. The Morgan fingerprint density at radius 1 is 1.38 bits per heavy atom. The zero-order valence-electron chi connectivity index (χ0n) is 8.95. The number of fused-ring (bicyclic) bond motifs is 1. The lowest BCUT2D eigenvalue weighted by atomic mass is 10.1. The van der Waals surface area contributed by atoms with Crippen molar-refractivity contribution in [2.45, 2.75) is 31.8 Å². The van der Waals surface area contributed by atoms with Gasteiger partial charge in [-0.1, -0.05) is 0 Å². The molecule has 1 aliphatic carbocycles. The number of nitrogens with zero attached hydrogens (tertiary/aromatic N) is 3. The minimum absolute atomic E-state index is 0.281. The van der Waals surface area contributed by atoms with Crippen LogP contribution < -0.4 is 10.6 Å². The lowest BCUT2D eigenvalue weighted by Gasteiger charge is -2.19. The number of hydrogen-bond donors (Lipinski definition) is 2. The van der Waals surface area contributed by atoms with Crippen molar-refractivity contribution >= 4 is 5.82 Å². The second-order valence-electron chi connectivity index (χ2n) is 4.28. The monoisotopic (exact) mass is 215 g/mol. The van der Waals surface area contributed by atoms with Gasteiger partial charge in [-0.2, -0.15) is 5.26 Å². The van der Waals surface area contributed by atoms with E-state index in [0.29, 0.717) is 6.04 Å². The van der Waals surface area contributed by atoms with E-state index in [1.807, 2.05) is 6.07 Å². The molecule has 0 bridgehead atoms. The van der Waals surface area contributed by atoms with Gasteiger partial charge in [0.05, 0.1) is 5.69 Å². The van der Waals surface area contributed by atoms with Gasteiger partial charge in [-0.15, -0.1) is 0 Å². The van der Waals surface area contributed by atoms with Crippen molar-refractivity contribution in [2.75, 3.05) is 11.9 Å². The molecule has 0 aromatic carbocycles. The number of aromatic nitrogens is 2. The second kappa shape index (κ2) is 3.72. The van der Waals surface area contributed by atoms with E-state index in [4.69, 9.17) is 5.26 Å². The molecular formula is C11H13N5. The number of anilines is 1. The quantitative estimate of drug-likeness (QED) is 0.754. The number of nitriles is 1. The first kappa shape index (κ1) is 9.55. The van der Waals surface area contributed by atoms with Crippen LogP contribution in [0.3, 0.4) is 0 Å². The van der Waals surface area contributed by atoms with Crippen molar-refractivity contribution < 1.29 is 0 Å². The van der Waals surface area contributed by atoms with Crippen molar-refractivity contribution in [3.8, 4) is 6.07 Å². The molecule has 16 heavy (non-hydrogen) atoms. The summed E-state index contributed by atoms with van der Waals surface area (Å²) < 4.78 is 0. The molecule has 0 saturated heterocycles. The summed E-state index contributed by atoms with van der Waals surface area (Å²) in [4.78, 5) is 8.53. The number of rotatable bonds is 2. The molecule has 3 rings (SSSR count). The van der Waals surface area contributed by atoms with Crippen LogP contribution in [0, 0.1) is 11.3 Å². The highest BCUT2D eigenvalue weighted by molar-refractivity contribution is 5.50. The van der Waals surface area contributed by atoms with Crippen LogP contribution in [-0.2, 0) is 13.0 Å². The summed E-state index contributed by atoms with van der Waals surface area (Å²) in [6.45, 7) is 1.73. The SMILES string of the molecule is N#Cc1nc2c(c(NC3CC3)n1)CNCC2. The van der Waals surface area contributed by atoms with Crippen LogP contribution in [0.1, 0.15) is 29.9 Å². The Morgan fingerprint density at radius 2 is 2.25 bits per heavy atom. The van der Waals surface area contributed by atoms with Gasteiger partial charge in [-0.05, 0) is 12.8 Å². The van der Waals surface area contributed by atoms with Crippen molar-refractivity contribution in [3.05, 3.63) is 17.1 Å². The molecule has 1 aliphatic heterocycles. The Hall–Kier alpha value is -1.67. The van der Waals surface area contributed by atoms with Crippen LogP contribution in [0.4, 0.5) is 5.82 Å². The first-order valence-corrected chi connectivity index (χ1v) is 5.64. The highest BCUT2D eigenvalue weighted by atomic mass is 15.1. The average molecular weight is 215 g/mol. The predicted octanol–water partition coefficient (Wildman–Crippen LogP) is 0.568. The largest absolute Gasteiger partial charge is 0.367 e. The van der Waals surface area contributed by atoms with E-state index in [2.05, 4.69) is 20.6 Å². The van der Waals surface area contributed by atoms with Crippen LogP contribution in [0.2, 0.25) is 0 Å². The van der Waals surface area contributed by atoms with E-state index in [9.17, 15) is 0 Å².